The van der Waals surface area contributed by atoms with Crippen LogP contribution in [0.2, 0.25) is 0 Å². The van der Waals surface area contributed by atoms with Crippen LogP contribution < -0.4 is 14.2 Å². The average Bonchev–Trinajstić information content (AvgIpc) is 3.46. The lowest BCUT2D eigenvalue weighted by Crippen LogP contribution is -2.39. The number of methoxy groups -OCH3 is 1. The summed E-state index contributed by atoms with van der Waals surface area (Å²) in [6.45, 7) is 6.18. The van der Waals surface area contributed by atoms with E-state index in [0.717, 1.165) is 34.1 Å². The first-order valence-corrected chi connectivity index (χ1v) is 11.3. The molecule has 2 atom stereocenters. The first kappa shape index (κ1) is 23.4. The third-order valence-electron chi connectivity index (χ3n) is 5.53. The van der Waals surface area contributed by atoms with Crippen LogP contribution in [0.3, 0.4) is 0 Å². The minimum Gasteiger partial charge on any atom is -0.497 e. The topological polar surface area (TPSA) is 82.0 Å². The number of nitrogens with zero attached hydrogens (tertiary/aromatic N) is 2. The molecule has 0 amide bonds. The molecule has 0 aliphatic carbocycles. The third kappa shape index (κ3) is 6.37. The van der Waals surface area contributed by atoms with Crippen molar-refractivity contribution in [2.75, 3.05) is 33.6 Å². The molecule has 0 saturated heterocycles. The SMILES string of the molecule is COc1cccc(CN(C[C@H](O)COC(C)C)C[C@H]2CC(c3ccc4c(c3)OCO4)=NO2)c1. The number of aliphatic hydroxyl groups is 1. The maximum atomic E-state index is 10.6. The molecule has 8 heteroatoms. The maximum absolute atomic E-state index is 10.6. The lowest BCUT2D eigenvalue weighted by molar-refractivity contribution is -0.0194. The number of ether oxygens (including phenoxy) is 4. The fourth-order valence-corrected chi connectivity index (χ4v) is 3.95. The quantitative estimate of drug-likeness (QED) is 0.556. The number of hydrogen-bond acceptors (Lipinski definition) is 8. The van der Waals surface area contributed by atoms with E-state index in [1.807, 2.05) is 50.2 Å². The summed E-state index contributed by atoms with van der Waals surface area (Å²) in [5.74, 6) is 2.28. The Hall–Kier alpha value is -2.81. The van der Waals surface area contributed by atoms with Crippen molar-refractivity contribution in [2.45, 2.75) is 45.1 Å². The second kappa shape index (κ2) is 10.9. The molecule has 0 radical (unpaired) electrons. The van der Waals surface area contributed by atoms with E-state index in [0.29, 0.717) is 26.1 Å². The van der Waals surface area contributed by atoms with Gasteiger partial charge in [0.2, 0.25) is 6.79 Å². The Morgan fingerprint density at radius 3 is 2.82 bits per heavy atom. The number of fused-ring (bicyclic) bond motifs is 1. The molecule has 4 rings (SSSR count). The molecule has 8 nitrogen and oxygen atoms in total. The zero-order chi connectivity index (χ0) is 23.2. The van der Waals surface area contributed by atoms with Gasteiger partial charge in [-0.2, -0.15) is 0 Å². The number of aliphatic hydroxyl groups excluding tert-OH is 1. The molecule has 1 N–H and O–H groups in total. The molecule has 0 unspecified atom stereocenters. The van der Waals surface area contributed by atoms with Crippen LogP contribution in [0, 0.1) is 0 Å². The van der Waals surface area contributed by atoms with Gasteiger partial charge >= 0.3 is 0 Å². The van der Waals surface area contributed by atoms with Crippen molar-refractivity contribution < 1.29 is 28.9 Å². The van der Waals surface area contributed by atoms with Gasteiger partial charge in [0.15, 0.2) is 11.5 Å². The zero-order valence-electron chi connectivity index (χ0n) is 19.4. The molecule has 0 saturated carbocycles. The van der Waals surface area contributed by atoms with Crippen LogP contribution >= 0.6 is 0 Å². The standard InChI is InChI=1S/C25H32N2O6/c1-17(2)30-15-20(28)13-27(12-18-5-4-6-21(9-18)29-3)14-22-11-23(26-33-22)19-7-8-24-25(10-19)32-16-31-24/h4-10,17,20,22,28H,11-16H2,1-3H3/t20-,22+/m0/s1. The van der Waals surface area contributed by atoms with Crippen molar-refractivity contribution in [2.24, 2.45) is 5.16 Å². The van der Waals surface area contributed by atoms with Gasteiger partial charge in [0.25, 0.3) is 0 Å². The van der Waals surface area contributed by atoms with Crippen LogP contribution in [-0.2, 0) is 16.1 Å². The van der Waals surface area contributed by atoms with Crippen molar-refractivity contribution in [3.05, 3.63) is 53.6 Å². The van der Waals surface area contributed by atoms with Crippen molar-refractivity contribution in [3.63, 3.8) is 0 Å². The highest BCUT2D eigenvalue weighted by molar-refractivity contribution is 6.01. The zero-order valence-corrected chi connectivity index (χ0v) is 19.4. The minimum absolute atomic E-state index is 0.0716. The highest BCUT2D eigenvalue weighted by Gasteiger charge is 2.27. The lowest BCUT2D eigenvalue weighted by atomic mass is 10.0. The van der Waals surface area contributed by atoms with E-state index in [1.165, 1.54) is 0 Å². The van der Waals surface area contributed by atoms with E-state index in [4.69, 9.17) is 23.8 Å². The number of benzene rings is 2. The van der Waals surface area contributed by atoms with Crippen LogP contribution in [0.25, 0.3) is 0 Å². The Kier molecular flexibility index (Phi) is 7.69. The van der Waals surface area contributed by atoms with Crippen molar-refractivity contribution in [1.82, 2.24) is 4.90 Å². The van der Waals surface area contributed by atoms with Crippen molar-refractivity contribution >= 4 is 5.71 Å². The summed E-state index contributed by atoms with van der Waals surface area (Å²) < 4.78 is 21.8. The molecule has 2 heterocycles. The summed E-state index contributed by atoms with van der Waals surface area (Å²) in [6, 6.07) is 13.8. The van der Waals surface area contributed by atoms with Crippen molar-refractivity contribution in [1.29, 1.82) is 0 Å². The molecule has 2 aromatic carbocycles. The highest BCUT2D eigenvalue weighted by atomic mass is 16.7. The summed E-state index contributed by atoms with van der Waals surface area (Å²) in [6.07, 6.45) is 0.0255. The molecule has 2 aliphatic rings. The van der Waals surface area contributed by atoms with Gasteiger partial charge in [0.1, 0.15) is 11.9 Å². The maximum Gasteiger partial charge on any atom is 0.231 e. The molecule has 33 heavy (non-hydrogen) atoms. The third-order valence-corrected chi connectivity index (χ3v) is 5.53. The molecule has 0 aromatic heterocycles. The van der Waals surface area contributed by atoms with E-state index in [2.05, 4.69) is 16.1 Å². The Bertz CT molecular complexity index is 964. The Morgan fingerprint density at radius 1 is 1.15 bits per heavy atom. The van der Waals surface area contributed by atoms with Gasteiger partial charge in [0, 0.05) is 31.6 Å². The molecule has 178 valence electrons. The van der Waals surface area contributed by atoms with Gasteiger partial charge < -0.3 is 28.9 Å². The lowest BCUT2D eigenvalue weighted by Gasteiger charge is -2.27. The smallest absolute Gasteiger partial charge is 0.231 e. The van der Waals surface area contributed by atoms with Gasteiger partial charge in [-0.3, -0.25) is 4.90 Å². The average molecular weight is 457 g/mol. The van der Waals surface area contributed by atoms with E-state index < -0.39 is 6.10 Å². The fraction of sp³-hybridized carbons (Fsp3) is 0.480. The second-order valence-corrected chi connectivity index (χ2v) is 8.62. The number of hydrogen-bond donors (Lipinski definition) is 1. The highest BCUT2D eigenvalue weighted by Crippen LogP contribution is 2.33. The first-order chi connectivity index (χ1) is 16.0. The van der Waals surface area contributed by atoms with E-state index in [-0.39, 0.29) is 25.6 Å². The summed E-state index contributed by atoms with van der Waals surface area (Å²) in [5, 5.41) is 14.9. The molecule has 0 bridgehead atoms. The Labute approximate surface area is 194 Å². The van der Waals surface area contributed by atoms with E-state index >= 15 is 0 Å². The summed E-state index contributed by atoms with van der Waals surface area (Å²) >= 11 is 0. The largest absolute Gasteiger partial charge is 0.497 e. The van der Waals surface area contributed by atoms with Crippen LogP contribution in [-0.4, -0.2) is 67.6 Å². The predicted octanol–water partition coefficient (Wildman–Crippen LogP) is 3.21. The van der Waals surface area contributed by atoms with Crippen LogP contribution in [0.4, 0.5) is 0 Å². The molecular formula is C25H32N2O6. The Balaban J connectivity index is 1.40. The first-order valence-electron chi connectivity index (χ1n) is 11.3. The van der Waals surface area contributed by atoms with Gasteiger partial charge in [-0.1, -0.05) is 17.3 Å². The molecule has 0 spiro atoms. The van der Waals surface area contributed by atoms with Crippen LogP contribution in [0.5, 0.6) is 17.2 Å². The summed E-state index contributed by atoms with van der Waals surface area (Å²) in [7, 11) is 1.66. The van der Waals surface area contributed by atoms with Crippen molar-refractivity contribution in [3.8, 4) is 17.2 Å². The molecular weight excluding hydrogens is 424 g/mol. The minimum atomic E-state index is -0.603. The van der Waals surface area contributed by atoms with Crippen LogP contribution in [0.1, 0.15) is 31.4 Å². The monoisotopic (exact) mass is 456 g/mol. The van der Waals surface area contributed by atoms with E-state index in [1.54, 1.807) is 7.11 Å². The van der Waals surface area contributed by atoms with Crippen LogP contribution in [0.15, 0.2) is 47.6 Å². The predicted molar refractivity (Wildman–Crippen MR) is 124 cm³/mol. The van der Waals surface area contributed by atoms with Gasteiger partial charge in [-0.25, -0.2) is 0 Å². The van der Waals surface area contributed by atoms with Gasteiger partial charge in [-0.05, 0) is 49.7 Å². The number of oxime groups is 1. The number of rotatable bonds is 11. The summed E-state index contributed by atoms with van der Waals surface area (Å²) in [5.41, 5.74) is 2.94. The molecule has 0 fully saturated rings. The molecule has 2 aromatic rings. The van der Waals surface area contributed by atoms with E-state index in [9.17, 15) is 5.11 Å². The fourth-order valence-electron chi connectivity index (χ4n) is 3.95. The van der Waals surface area contributed by atoms with Gasteiger partial charge in [-0.15, -0.1) is 0 Å². The summed E-state index contributed by atoms with van der Waals surface area (Å²) in [4.78, 5) is 7.94. The van der Waals surface area contributed by atoms with Gasteiger partial charge in [0.05, 0.1) is 31.6 Å². The Morgan fingerprint density at radius 2 is 2.00 bits per heavy atom. The molecule has 2 aliphatic heterocycles. The normalized spacial score (nSPS) is 17.9. The second-order valence-electron chi connectivity index (χ2n) is 8.62.